The van der Waals surface area contributed by atoms with E-state index in [1.165, 1.54) is 0 Å². The molecule has 0 saturated carbocycles. The SMILES string of the molecule is O=C(Nc1nc(CCl)c[se]1)c1ccccc1. The van der Waals surface area contributed by atoms with Crippen molar-refractivity contribution in [3.8, 4) is 0 Å². The van der Waals surface area contributed by atoms with E-state index < -0.39 is 0 Å². The van der Waals surface area contributed by atoms with Gasteiger partial charge in [0.25, 0.3) is 0 Å². The quantitative estimate of drug-likeness (QED) is 0.697. The van der Waals surface area contributed by atoms with Gasteiger partial charge in [-0.3, -0.25) is 0 Å². The molecule has 16 heavy (non-hydrogen) atoms. The van der Waals surface area contributed by atoms with Crippen molar-refractivity contribution < 1.29 is 4.79 Å². The van der Waals surface area contributed by atoms with E-state index in [2.05, 4.69) is 10.3 Å². The number of carbonyl (C=O) groups is 1. The van der Waals surface area contributed by atoms with Gasteiger partial charge in [0.15, 0.2) is 0 Å². The first-order valence-electron chi connectivity index (χ1n) is 4.66. The Morgan fingerprint density at radius 1 is 1.38 bits per heavy atom. The summed E-state index contributed by atoms with van der Waals surface area (Å²) in [5.74, 6) is 0.275. The van der Waals surface area contributed by atoms with Crippen LogP contribution in [0.4, 0.5) is 4.69 Å². The van der Waals surface area contributed by atoms with E-state index in [-0.39, 0.29) is 20.4 Å². The van der Waals surface area contributed by atoms with Crippen LogP contribution in [-0.2, 0) is 5.88 Å². The molecule has 82 valence electrons. The molecule has 3 nitrogen and oxygen atoms in total. The summed E-state index contributed by atoms with van der Waals surface area (Å²) in [4.78, 5) is 17.9. The van der Waals surface area contributed by atoms with E-state index in [1.807, 2.05) is 23.1 Å². The Morgan fingerprint density at radius 3 is 2.75 bits per heavy atom. The zero-order chi connectivity index (χ0) is 11.4. The first-order valence-corrected chi connectivity index (χ1v) is 7.04. The van der Waals surface area contributed by atoms with E-state index in [0.29, 0.717) is 11.4 Å². The van der Waals surface area contributed by atoms with Crippen LogP contribution in [0.15, 0.2) is 35.3 Å². The second-order valence-corrected chi connectivity index (χ2v) is 5.17. The maximum atomic E-state index is 11.8. The summed E-state index contributed by atoms with van der Waals surface area (Å²) >= 11 is 5.74. The second-order valence-electron chi connectivity index (χ2n) is 3.10. The van der Waals surface area contributed by atoms with Crippen LogP contribution in [-0.4, -0.2) is 25.4 Å². The van der Waals surface area contributed by atoms with E-state index in [1.54, 1.807) is 12.1 Å². The van der Waals surface area contributed by atoms with Gasteiger partial charge < -0.3 is 0 Å². The number of hydrogen-bond acceptors (Lipinski definition) is 2. The third-order valence-corrected chi connectivity index (χ3v) is 3.91. The number of nitrogens with one attached hydrogen (secondary N) is 1. The minimum atomic E-state index is -0.120. The van der Waals surface area contributed by atoms with Crippen LogP contribution in [0.25, 0.3) is 0 Å². The van der Waals surface area contributed by atoms with E-state index in [0.717, 1.165) is 10.4 Å². The van der Waals surface area contributed by atoms with Gasteiger partial charge in [-0.25, -0.2) is 0 Å². The average molecular weight is 300 g/mol. The predicted molar refractivity (Wildman–Crippen MR) is 65.1 cm³/mol. The van der Waals surface area contributed by atoms with Gasteiger partial charge in [0.05, 0.1) is 0 Å². The summed E-state index contributed by atoms with van der Waals surface area (Å²) in [6.45, 7) is 0. The zero-order valence-corrected chi connectivity index (χ0v) is 10.8. The van der Waals surface area contributed by atoms with Crippen LogP contribution < -0.4 is 5.32 Å². The molecule has 0 unspecified atom stereocenters. The molecule has 1 aromatic carbocycles. The number of anilines is 1. The number of halogens is 1. The van der Waals surface area contributed by atoms with Gasteiger partial charge in [-0.1, -0.05) is 0 Å². The van der Waals surface area contributed by atoms with Gasteiger partial charge in [-0.05, 0) is 0 Å². The molecule has 0 atom stereocenters. The normalized spacial score (nSPS) is 10.1. The molecule has 1 aromatic heterocycles. The molecule has 0 aliphatic rings. The summed E-state index contributed by atoms with van der Waals surface area (Å²) in [5, 5.41) is 2.79. The van der Waals surface area contributed by atoms with Gasteiger partial charge >= 0.3 is 104 Å². The maximum absolute atomic E-state index is 11.8. The van der Waals surface area contributed by atoms with Crippen molar-refractivity contribution >= 4 is 36.7 Å². The number of nitrogens with zero attached hydrogens (tertiary/aromatic N) is 1. The monoisotopic (exact) mass is 300 g/mol. The molecule has 1 amide bonds. The van der Waals surface area contributed by atoms with Gasteiger partial charge in [0, 0.05) is 0 Å². The Balaban J connectivity index is 2.08. The molecular formula is C11H9ClN2OSe. The Bertz CT molecular complexity index is 484. The van der Waals surface area contributed by atoms with Gasteiger partial charge in [-0.15, -0.1) is 0 Å². The number of hydrogen-bond donors (Lipinski definition) is 1. The molecule has 1 N–H and O–H groups in total. The number of benzene rings is 1. The molecule has 0 spiro atoms. The van der Waals surface area contributed by atoms with Crippen LogP contribution in [0.3, 0.4) is 0 Å². The van der Waals surface area contributed by atoms with Crippen LogP contribution in [0, 0.1) is 0 Å². The summed E-state index contributed by atoms with van der Waals surface area (Å²) in [6, 6.07) is 9.08. The third kappa shape index (κ3) is 2.73. The van der Waals surface area contributed by atoms with Crippen molar-refractivity contribution in [1.82, 2.24) is 4.98 Å². The van der Waals surface area contributed by atoms with E-state index in [9.17, 15) is 4.79 Å². The molecule has 1 heterocycles. The standard InChI is InChI=1S/C11H9ClN2OSe/c12-6-9-7-16-11(13-9)14-10(15)8-4-2-1-3-5-8/h1-5,7H,6H2,(H,13,14,15). The first kappa shape index (κ1) is 11.4. The molecule has 2 aromatic rings. The summed E-state index contributed by atoms with van der Waals surface area (Å²) in [5.41, 5.74) is 1.48. The van der Waals surface area contributed by atoms with Gasteiger partial charge in [0.2, 0.25) is 0 Å². The minimum absolute atomic E-state index is 0.0919. The van der Waals surface area contributed by atoms with Crippen LogP contribution in [0.5, 0.6) is 0 Å². The Kier molecular flexibility index (Phi) is 3.78. The summed E-state index contributed by atoms with van der Waals surface area (Å²) in [6.07, 6.45) is 0. The van der Waals surface area contributed by atoms with Crippen LogP contribution in [0.1, 0.15) is 16.1 Å². The Labute approximate surface area is 104 Å². The number of alkyl halides is 1. The molecule has 0 saturated heterocycles. The fourth-order valence-corrected chi connectivity index (χ4v) is 3.01. The van der Waals surface area contributed by atoms with Crippen molar-refractivity contribution in [2.24, 2.45) is 0 Å². The molecule has 5 heteroatoms. The molecule has 0 radical (unpaired) electrons. The zero-order valence-electron chi connectivity index (χ0n) is 8.31. The molecule has 0 bridgehead atoms. The average Bonchev–Trinajstić information content (AvgIpc) is 2.78. The number of amides is 1. The second kappa shape index (κ2) is 5.30. The fraction of sp³-hybridized carbons (Fsp3) is 0.0909. The van der Waals surface area contributed by atoms with Crippen molar-refractivity contribution in [2.75, 3.05) is 5.32 Å². The molecule has 0 fully saturated rings. The molecule has 2 rings (SSSR count). The fourth-order valence-electron chi connectivity index (χ4n) is 1.18. The number of aromatic nitrogens is 1. The number of carbonyl (C=O) groups excluding carboxylic acids is 1. The topological polar surface area (TPSA) is 42.0 Å². The van der Waals surface area contributed by atoms with Crippen molar-refractivity contribution in [2.45, 2.75) is 5.88 Å². The van der Waals surface area contributed by atoms with Crippen molar-refractivity contribution in [3.63, 3.8) is 0 Å². The molecule has 0 aliphatic carbocycles. The Morgan fingerprint density at radius 2 is 2.12 bits per heavy atom. The third-order valence-electron chi connectivity index (χ3n) is 1.95. The van der Waals surface area contributed by atoms with Gasteiger partial charge in [-0.2, -0.15) is 0 Å². The van der Waals surface area contributed by atoms with Gasteiger partial charge in [0.1, 0.15) is 0 Å². The van der Waals surface area contributed by atoms with E-state index in [4.69, 9.17) is 11.6 Å². The predicted octanol–water partition coefficient (Wildman–Crippen LogP) is 2.13. The van der Waals surface area contributed by atoms with Crippen LogP contribution in [0.2, 0.25) is 0 Å². The van der Waals surface area contributed by atoms with Crippen LogP contribution >= 0.6 is 11.6 Å². The molecular weight excluding hydrogens is 291 g/mol. The summed E-state index contributed by atoms with van der Waals surface area (Å²) < 4.78 is 0.719. The van der Waals surface area contributed by atoms with Crippen molar-refractivity contribution in [3.05, 3.63) is 46.5 Å². The van der Waals surface area contributed by atoms with Crippen molar-refractivity contribution in [1.29, 1.82) is 0 Å². The van der Waals surface area contributed by atoms with E-state index >= 15 is 0 Å². The Hall–Kier alpha value is -1.09. The first-order chi connectivity index (χ1) is 7.79. The summed E-state index contributed by atoms with van der Waals surface area (Å²) in [7, 11) is 0. The molecule has 0 aliphatic heterocycles. The number of rotatable bonds is 3.